The number of benzene rings is 1. The molecule has 1 saturated heterocycles. The molecule has 2 amide bonds. The third-order valence-corrected chi connectivity index (χ3v) is 6.34. The van der Waals surface area contributed by atoms with Gasteiger partial charge < -0.3 is 24.8 Å². The van der Waals surface area contributed by atoms with Gasteiger partial charge in [-0.2, -0.15) is 4.31 Å². The number of ether oxygens (including phenoxy) is 3. The Balaban J connectivity index is 1.71. The number of fused-ring (bicyclic) bond motifs is 1. The van der Waals surface area contributed by atoms with Crippen LogP contribution in [0.1, 0.15) is 19.8 Å². The van der Waals surface area contributed by atoms with Gasteiger partial charge in [-0.1, -0.05) is 6.92 Å². The average Bonchev–Trinajstić information content (AvgIpc) is 2.75. The Hall–Kier alpha value is -2.37. The van der Waals surface area contributed by atoms with E-state index in [1.54, 1.807) is 6.07 Å². The van der Waals surface area contributed by atoms with Crippen LogP contribution in [0.3, 0.4) is 0 Å². The fourth-order valence-corrected chi connectivity index (χ4v) is 4.58. The number of hydrogen-bond acceptors (Lipinski definition) is 7. The van der Waals surface area contributed by atoms with Crippen molar-refractivity contribution in [2.75, 3.05) is 39.5 Å². The number of sulfonamides is 1. The van der Waals surface area contributed by atoms with E-state index in [1.807, 2.05) is 6.92 Å². The lowest BCUT2D eigenvalue weighted by molar-refractivity contribution is -0.140. The van der Waals surface area contributed by atoms with Crippen molar-refractivity contribution in [1.82, 2.24) is 14.9 Å². The van der Waals surface area contributed by atoms with Crippen LogP contribution in [-0.4, -0.2) is 70.2 Å². The molecule has 2 aliphatic heterocycles. The molecule has 29 heavy (non-hydrogen) atoms. The van der Waals surface area contributed by atoms with Crippen LogP contribution >= 0.6 is 0 Å². The third-order valence-electron chi connectivity index (χ3n) is 4.45. The van der Waals surface area contributed by atoms with Gasteiger partial charge in [0.05, 0.1) is 18.0 Å². The van der Waals surface area contributed by atoms with Gasteiger partial charge in [-0.05, 0) is 25.0 Å². The first-order valence-corrected chi connectivity index (χ1v) is 11.0. The van der Waals surface area contributed by atoms with Crippen molar-refractivity contribution in [2.24, 2.45) is 0 Å². The minimum absolute atomic E-state index is 0.0456. The summed E-state index contributed by atoms with van der Waals surface area (Å²) in [5, 5.41) is 4.90. The second-order valence-electron chi connectivity index (χ2n) is 6.57. The van der Waals surface area contributed by atoms with Gasteiger partial charge in [-0.3, -0.25) is 9.59 Å². The van der Waals surface area contributed by atoms with E-state index >= 15 is 0 Å². The number of rotatable bonds is 6. The van der Waals surface area contributed by atoms with Gasteiger partial charge >= 0.3 is 11.8 Å². The highest BCUT2D eigenvalue weighted by Crippen LogP contribution is 2.34. The largest absolute Gasteiger partial charge is 0.486 e. The Labute approximate surface area is 169 Å². The number of nitrogens with zero attached hydrogens (tertiary/aromatic N) is 1. The number of carbonyl (C=O) groups excluding carboxylic acids is 2. The lowest BCUT2D eigenvalue weighted by atomic mass is 10.3. The topological polar surface area (TPSA) is 123 Å². The molecule has 0 aliphatic carbocycles. The Morgan fingerprint density at radius 2 is 1.83 bits per heavy atom. The fourth-order valence-electron chi connectivity index (χ4n) is 3.00. The van der Waals surface area contributed by atoms with E-state index in [2.05, 4.69) is 10.6 Å². The Kier molecular flexibility index (Phi) is 6.93. The first-order valence-electron chi connectivity index (χ1n) is 9.52. The van der Waals surface area contributed by atoms with E-state index in [9.17, 15) is 18.0 Å². The molecule has 1 aromatic carbocycles. The number of nitrogens with one attached hydrogen (secondary N) is 2. The van der Waals surface area contributed by atoms with E-state index in [0.717, 1.165) is 0 Å². The van der Waals surface area contributed by atoms with E-state index < -0.39 is 28.1 Å². The van der Waals surface area contributed by atoms with Crippen LogP contribution in [0.25, 0.3) is 0 Å². The molecule has 1 aromatic rings. The summed E-state index contributed by atoms with van der Waals surface area (Å²) < 4.78 is 44.0. The summed E-state index contributed by atoms with van der Waals surface area (Å²) in [7, 11) is -3.91. The highest BCUT2D eigenvalue weighted by atomic mass is 32.2. The molecule has 2 heterocycles. The van der Waals surface area contributed by atoms with E-state index in [-0.39, 0.29) is 18.0 Å². The zero-order valence-corrected chi connectivity index (χ0v) is 17.0. The van der Waals surface area contributed by atoms with Crippen molar-refractivity contribution in [3.05, 3.63) is 18.2 Å². The first-order chi connectivity index (χ1) is 13.9. The van der Waals surface area contributed by atoms with Crippen molar-refractivity contribution in [2.45, 2.75) is 30.9 Å². The molecule has 1 fully saturated rings. The monoisotopic (exact) mass is 427 g/mol. The van der Waals surface area contributed by atoms with E-state index in [4.69, 9.17) is 14.2 Å². The minimum Gasteiger partial charge on any atom is -0.486 e. The lowest BCUT2D eigenvalue weighted by Gasteiger charge is -2.34. The van der Waals surface area contributed by atoms with Crippen molar-refractivity contribution < 1.29 is 32.2 Å². The number of hydrogen-bond donors (Lipinski definition) is 2. The molecule has 0 saturated carbocycles. The van der Waals surface area contributed by atoms with Crippen LogP contribution in [-0.2, 0) is 24.3 Å². The van der Waals surface area contributed by atoms with E-state index in [0.29, 0.717) is 50.7 Å². The maximum Gasteiger partial charge on any atom is 0.309 e. The van der Waals surface area contributed by atoms with Crippen molar-refractivity contribution in [3.63, 3.8) is 0 Å². The predicted molar refractivity (Wildman–Crippen MR) is 102 cm³/mol. The molecule has 11 heteroatoms. The fraction of sp³-hybridized carbons (Fsp3) is 0.556. The van der Waals surface area contributed by atoms with Crippen molar-refractivity contribution in [1.29, 1.82) is 0 Å². The summed E-state index contributed by atoms with van der Waals surface area (Å²) in [5.41, 5.74) is 0. The smallest absolute Gasteiger partial charge is 0.309 e. The van der Waals surface area contributed by atoms with Gasteiger partial charge in [-0.15, -0.1) is 0 Å². The molecule has 0 unspecified atom stereocenters. The third kappa shape index (κ3) is 4.98. The maximum absolute atomic E-state index is 13.2. The predicted octanol–water partition coefficient (Wildman–Crippen LogP) is -0.163. The zero-order valence-electron chi connectivity index (χ0n) is 16.2. The quantitative estimate of drug-likeness (QED) is 0.605. The molecule has 10 nitrogen and oxygen atoms in total. The molecule has 0 bridgehead atoms. The molecule has 0 aromatic heterocycles. The van der Waals surface area contributed by atoms with E-state index in [1.165, 1.54) is 16.4 Å². The van der Waals surface area contributed by atoms with Gasteiger partial charge in [0.25, 0.3) is 0 Å². The molecule has 0 radical (unpaired) electrons. The normalized spacial score (nSPS) is 19.4. The summed E-state index contributed by atoms with van der Waals surface area (Å²) in [6.45, 7) is 3.47. The van der Waals surface area contributed by atoms with Crippen LogP contribution in [0.2, 0.25) is 0 Å². The number of carbonyl (C=O) groups is 2. The molecular formula is C18H25N3O7S. The SMILES string of the molecule is CCCNC(=O)C(=O)NC[C@@H]1OCCCN1S(=O)(=O)c1ccc2c(c1)OCCO2. The van der Waals surface area contributed by atoms with Gasteiger partial charge in [0.1, 0.15) is 19.4 Å². The summed E-state index contributed by atoms with van der Waals surface area (Å²) in [6.07, 6.45) is 0.308. The summed E-state index contributed by atoms with van der Waals surface area (Å²) >= 11 is 0. The van der Waals surface area contributed by atoms with Crippen LogP contribution in [0.5, 0.6) is 11.5 Å². The Morgan fingerprint density at radius 1 is 1.10 bits per heavy atom. The highest BCUT2D eigenvalue weighted by Gasteiger charge is 2.35. The zero-order chi connectivity index (χ0) is 20.9. The average molecular weight is 427 g/mol. The summed E-state index contributed by atoms with van der Waals surface area (Å²) in [6, 6.07) is 4.43. The summed E-state index contributed by atoms with van der Waals surface area (Å²) in [4.78, 5) is 23.6. The molecule has 3 rings (SSSR count). The molecule has 0 spiro atoms. The molecular weight excluding hydrogens is 402 g/mol. The molecule has 1 atom stereocenters. The second kappa shape index (κ2) is 9.42. The summed E-state index contributed by atoms with van der Waals surface area (Å²) in [5.74, 6) is -0.729. The second-order valence-corrected chi connectivity index (χ2v) is 8.46. The van der Waals surface area contributed by atoms with Crippen molar-refractivity contribution >= 4 is 21.8 Å². The number of amides is 2. The highest BCUT2D eigenvalue weighted by molar-refractivity contribution is 7.89. The molecule has 160 valence electrons. The van der Waals surface area contributed by atoms with Gasteiger partial charge in [0.15, 0.2) is 11.5 Å². The van der Waals surface area contributed by atoms with Crippen LogP contribution in [0, 0.1) is 0 Å². The van der Waals surface area contributed by atoms with Gasteiger partial charge in [-0.25, -0.2) is 8.42 Å². The van der Waals surface area contributed by atoms with Gasteiger partial charge in [0.2, 0.25) is 10.0 Å². The Morgan fingerprint density at radius 3 is 2.59 bits per heavy atom. The van der Waals surface area contributed by atoms with Crippen LogP contribution in [0.15, 0.2) is 23.1 Å². The maximum atomic E-state index is 13.2. The Bertz CT molecular complexity index is 859. The molecule has 2 aliphatic rings. The van der Waals surface area contributed by atoms with Crippen molar-refractivity contribution in [3.8, 4) is 11.5 Å². The van der Waals surface area contributed by atoms with Crippen LogP contribution < -0.4 is 20.1 Å². The standard InChI is InChI=1S/C18H25N3O7S/c1-2-6-19-17(22)18(23)20-12-16-21(7-3-8-28-16)29(24,25)13-4-5-14-15(11-13)27-10-9-26-14/h4-5,11,16H,2-3,6-10,12H2,1H3,(H,19,22)(H,20,23)/t16-/m0/s1. The van der Waals surface area contributed by atoms with Crippen LogP contribution in [0.4, 0.5) is 0 Å². The molecule has 2 N–H and O–H groups in total. The minimum atomic E-state index is -3.91. The first kappa shape index (κ1) is 21.3. The lowest BCUT2D eigenvalue weighted by Crippen LogP contribution is -2.53. The van der Waals surface area contributed by atoms with Gasteiger partial charge in [0, 0.05) is 19.2 Å².